The second-order valence-corrected chi connectivity index (χ2v) is 6.07. The standard InChI is InChI=1S/C13H24N2O4/c1-12(2,3)10(17)14-8-7-9(16)15(6)13(4,5)11(18)19/h7-8H2,1-6H3,(H,14,17)(H,18,19). The molecule has 0 aromatic carbocycles. The van der Waals surface area contributed by atoms with Gasteiger partial charge < -0.3 is 15.3 Å². The van der Waals surface area contributed by atoms with Crippen LogP contribution in [0.3, 0.4) is 0 Å². The van der Waals surface area contributed by atoms with E-state index >= 15 is 0 Å². The van der Waals surface area contributed by atoms with Crippen LogP contribution in [0.5, 0.6) is 0 Å². The Kier molecular flexibility index (Phi) is 5.53. The molecule has 0 spiro atoms. The van der Waals surface area contributed by atoms with Gasteiger partial charge in [0.05, 0.1) is 0 Å². The molecule has 0 aliphatic rings. The van der Waals surface area contributed by atoms with Crippen molar-refractivity contribution in [3.8, 4) is 0 Å². The number of nitrogens with zero attached hydrogens (tertiary/aromatic N) is 1. The molecule has 0 saturated carbocycles. The second-order valence-electron chi connectivity index (χ2n) is 6.07. The molecule has 6 nitrogen and oxygen atoms in total. The Morgan fingerprint density at radius 2 is 1.58 bits per heavy atom. The van der Waals surface area contributed by atoms with E-state index in [1.807, 2.05) is 0 Å². The zero-order chi connectivity index (χ0) is 15.4. The highest BCUT2D eigenvalue weighted by molar-refractivity contribution is 5.87. The number of hydrogen-bond donors (Lipinski definition) is 2. The van der Waals surface area contributed by atoms with Gasteiger partial charge in [-0.1, -0.05) is 20.8 Å². The van der Waals surface area contributed by atoms with E-state index in [1.165, 1.54) is 25.8 Å². The van der Waals surface area contributed by atoms with E-state index < -0.39 is 16.9 Å². The minimum absolute atomic E-state index is 0.0784. The Labute approximate surface area is 114 Å². The minimum Gasteiger partial charge on any atom is -0.480 e. The molecule has 0 aliphatic heterocycles. The Bertz CT molecular complexity index is 369. The van der Waals surface area contributed by atoms with Crippen molar-refractivity contribution < 1.29 is 19.5 Å². The molecule has 0 aromatic rings. The van der Waals surface area contributed by atoms with Crippen molar-refractivity contribution in [3.63, 3.8) is 0 Å². The predicted molar refractivity (Wildman–Crippen MR) is 71.6 cm³/mol. The number of carbonyl (C=O) groups is 3. The fraction of sp³-hybridized carbons (Fsp3) is 0.769. The topological polar surface area (TPSA) is 86.7 Å². The molecule has 0 saturated heterocycles. The smallest absolute Gasteiger partial charge is 0.329 e. The fourth-order valence-corrected chi connectivity index (χ4v) is 1.17. The van der Waals surface area contributed by atoms with Gasteiger partial charge in [-0.05, 0) is 13.8 Å². The minimum atomic E-state index is -1.26. The molecule has 0 radical (unpaired) electrons. The van der Waals surface area contributed by atoms with Crippen molar-refractivity contribution in [1.82, 2.24) is 10.2 Å². The van der Waals surface area contributed by atoms with Crippen LogP contribution in [-0.4, -0.2) is 46.9 Å². The highest BCUT2D eigenvalue weighted by Crippen LogP contribution is 2.14. The van der Waals surface area contributed by atoms with Crippen molar-refractivity contribution in [2.45, 2.75) is 46.6 Å². The van der Waals surface area contributed by atoms with Gasteiger partial charge in [0, 0.05) is 25.4 Å². The second kappa shape index (κ2) is 6.04. The summed E-state index contributed by atoms with van der Waals surface area (Å²) in [6, 6.07) is 0. The number of likely N-dealkylation sites (N-methyl/N-ethyl adjacent to an activating group) is 1. The molecule has 0 atom stereocenters. The van der Waals surface area contributed by atoms with Gasteiger partial charge in [-0.15, -0.1) is 0 Å². The van der Waals surface area contributed by atoms with Gasteiger partial charge in [-0.2, -0.15) is 0 Å². The summed E-state index contributed by atoms with van der Waals surface area (Å²) in [6.45, 7) is 8.47. The van der Waals surface area contributed by atoms with Crippen LogP contribution in [0.15, 0.2) is 0 Å². The Balaban J connectivity index is 4.35. The van der Waals surface area contributed by atoms with E-state index in [0.717, 1.165) is 0 Å². The number of amides is 2. The number of aliphatic carboxylic acids is 1. The lowest BCUT2D eigenvalue weighted by Gasteiger charge is -2.31. The van der Waals surface area contributed by atoms with Crippen molar-refractivity contribution in [2.75, 3.05) is 13.6 Å². The molecule has 0 unspecified atom stereocenters. The van der Waals surface area contributed by atoms with Crippen LogP contribution in [0.1, 0.15) is 41.0 Å². The molecule has 0 fully saturated rings. The van der Waals surface area contributed by atoms with Crippen molar-refractivity contribution in [2.24, 2.45) is 5.41 Å². The highest BCUT2D eigenvalue weighted by Gasteiger charge is 2.34. The first-order valence-corrected chi connectivity index (χ1v) is 6.19. The SMILES string of the molecule is CN(C(=O)CCNC(=O)C(C)(C)C)C(C)(C)C(=O)O. The van der Waals surface area contributed by atoms with E-state index in [-0.39, 0.29) is 24.8 Å². The molecular weight excluding hydrogens is 248 g/mol. The largest absolute Gasteiger partial charge is 0.480 e. The van der Waals surface area contributed by atoms with Gasteiger partial charge in [0.2, 0.25) is 11.8 Å². The molecule has 2 amide bonds. The normalized spacial score (nSPS) is 11.9. The number of carbonyl (C=O) groups excluding carboxylic acids is 2. The van der Waals surface area contributed by atoms with Gasteiger partial charge >= 0.3 is 5.97 Å². The van der Waals surface area contributed by atoms with E-state index in [9.17, 15) is 14.4 Å². The Morgan fingerprint density at radius 1 is 1.11 bits per heavy atom. The molecule has 6 heteroatoms. The van der Waals surface area contributed by atoms with Crippen molar-refractivity contribution >= 4 is 17.8 Å². The van der Waals surface area contributed by atoms with Gasteiger partial charge in [0.1, 0.15) is 5.54 Å². The lowest BCUT2D eigenvalue weighted by molar-refractivity contribution is -0.155. The van der Waals surface area contributed by atoms with Gasteiger partial charge in [0.25, 0.3) is 0 Å². The molecule has 0 heterocycles. The third-order valence-corrected chi connectivity index (χ3v) is 3.04. The number of nitrogens with one attached hydrogen (secondary N) is 1. The first kappa shape index (κ1) is 17.4. The van der Waals surface area contributed by atoms with Crippen LogP contribution in [0.25, 0.3) is 0 Å². The molecule has 2 N–H and O–H groups in total. The highest BCUT2D eigenvalue weighted by atomic mass is 16.4. The summed E-state index contributed by atoms with van der Waals surface area (Å²) in [4.78, 5) is 35.6. The molecule has 0 bridgehead atoms. The number of carboxylic acid groups (broad SMARTS) is 1. The summed E-state index contributed by atoms with van der Waals surface area (Å²) in [5, 5.41) is 11.7. The molecule has 0 rings (SSSR count). The summed E-state index contributed by atoms with van der Waals surface area (Å²) in [5.74, 6) is -1.52. The average molecular weight is 272 g/mol. The van der Waals surface area contributed by atoms with E-state index in [4.69, 9.17) is 5.11 Å². The maximum Gasteiger partial charge on any atom is 0.329 e. The Hall–Kier alpha value is -1.59. The number of rotatable bonds is 5. The van der Waals surface area contributed by atoms with E-state index in [2.05, 4.69) is 5.32 Å². The maximum atomic E-state index is 11.8. The first-order chi connectivity index (χ1) is 8.40. The van der Waals surface area contributed by atoms with E-state index in [1.54, 1.807) is 20.8 Å². The van der Waals surface area contributed by atoms with Crippen LogP contribution in [0, 0.1) is 5.41 Å². The maximum absolute atomic E-state index is 11.8. The van der Waals surface area contributed by atoms with Gasteiger partial charge in [-0.3, -0.25) is 9.59 Å². The van der Waals surface area contributed by atoms with Crippen molar-refractivity contribution in [3.05, 3.63) is 0 Å². The molecule has 19 heavy (non-hydrogen) atoms. The lowest BCUT2D eigenvalue weighted by Crippen LogP contribution is -2.51. The monoisotopic (exact) mass is 272 g/mol. The third kappa shape index (κ3) is 4.89. The Morgan fingerprint density at radius 3 is 1.95 bits per heavy atom. The zero-order valence-electron chi connectivity index (χ0n) is 12.5. The summed E-state index contributed by atoms with van der Waals surface area (Å²) < 4.78 is 0. The van der Waals surface area contributed by atoms with Crippen LogP contribution in [-0.2, 0) is 14.4 Å². The predicted octanol–water partition coefficient (Wildman–Crippen LogP) is 0.860. The molecule has 0 aromatic heterocycles. The van der Waals surface area contributed by atoms with Crippen LogP contribution >= 0.6 is 0 Å². The lowest BCUT2D eigenvalue weighted by atomic mass is 9.96. The summed E-state index contributed by atoms with van der Waals surface area (Å²) >= 11 is 0. The van der Waals surface area contributed by atoms with Crippen LogP contribution in [0.4, 0.5) is 0 Å². The summed E-state index contributed by atoms with van der Waals surface area (Å²) in [7, 11) is 1.45. The quantitative estimate of drug-likeness (QED) is 0.777. The van der Waals surface area contributed by atoms with Gasteiger partial charge in [0.15, 0.2) is 0 Å². The van der Waals surface area contributed by atoms with Crippen LogP contribution < -0.4 is 5.32 Å². The third-order valence-electron chi connectivity index (χ3n) is 3.04. The summed E-state index contributed by atoms with van der Waals surface area (Å²) in [6.07, 6.45) is 0.0784. The zero-order valence-corrected chi connectivity index (χ0v) is 12.5. The number of carboxylic acids is 1. The fourth-order valence-electron chi connectivity index (χ4n) is 1.17. The first-order valence-electron chi connectivity index (χ1n) is 6.19. The van der Waals surface area contributed by atoms with Crippen molar-refractivity contribution in [1.29, 1.82) is 0 Å². The summed E-state index contributed by atoms with van der Waals surface area (Å²) in [5.41, 5.74) is -1.76. The molecule has 0 aliphatic carbocycles. The van der Waals surface area contributed by atoms with Crippen LogP contribution in [0.2, 0.25) is 0 Å². The molecular formula is C13H24N2O4. The van der Waals surface area contributed by atoms with Gasteiger partial charge in [-0.25, -0.2) is 4.79 Å². The average Bonchev–Trinajstić information content (AvgIpc) is 2.25. The number of hydrogen-bond acceptors (Lipinski definition) is 3. The molecule has 110 valence electrons. The van der Waals surface area contributed by atoms with E-state index in [0.29, 0.717) is 0 Å².